The first kappa shape index (κ1) is 17.3. The minimum absolute atomic E-state index is 0.234. The minimum atomic E-state index is -0.940. The first-order valence-corrected chi connectivity index (χ1v) is 7.62. The van der Waals surface area contributed by atoms with Crippen molar-refractivity contribution >= 4 is 23.3 Å². The second kappa shape index (κ2) is 7.02. The average molecular weight is 337 g/mol. The van der Waals surface area contributed by atoms with Crippen LogP contribution in [-0.4, -0.2) is 45.0 Å². The SMILES string of the molecule is CN(CC(C)(C)O)C(=O)Nc1cnn(Cc2ccc(Cl)cc2)c1. The van der Waals surface area contributed by atoms with Gasteiger partial charge in [0.1, 0.15) is 0 Å². The highest BCUT2D eigenvalue weighted by Crippen LogP contribution is 2.13. The average Bonchev–Trinajstić information content (AvgIpc) is 2.86. The Morgan fingerprint density at radius 2 is 2.04 bits per heavy atom. The van der Waals surface area contributed by atoms with Crippen molar-refractivity contribution in [3.8, 4) is 0 Å². The van der Waals surface area contributed by atoms with Crippen LogP contribution in [0.4, 0.5) is 10.5 Å². The second-order valence-electron chi connectivity index (χ2n) is 6.15. The third-order valence-electron chi connectivity index (χ3n) is 3.11. The molecule has 0 aliphatic heterocycles. The number of carbonyl (C=O) groups is 1. The Balaban J connectivity index is 1.94. The zero-order chi connectivity index (χ0) is 17.0. The second-order valence-corrected chi connectivity index (χ2v) is 6.59. The number of nitrogens with one attached hydrogen (secondary N) is 1. The van der Waals surface area contributed by atoms with Gasteiger partial charge in [-0.1, -0.05) is 23.7 Å². The molecule has 2 N–H and O–H groups in total. The Labute approximate surface area is 140 Å². The normalized spacial score (nSPS) is 11.3. The number of nitrogens with zero attached hydrogens (tertiary/aromatic N) is 3. The van der Waals surface area contributed by atoms with Crippen LogP contribution in [0, 0.1) is 0 Å². The van der Waals surface area contributed by atoms with Gasteiger partial charge in [-0.2, -0.15) is 5.10 Å². The van der Waals surface area contributed by atoms with E-state index >= 15 is 0 Å². The first-order valence-electron chi connectivity index (χ1n) is 7.24. The standard InChI is InChI=1S/C16H21ClN4O2/c1-16(2,23)11-20(3)15(22)19-14-8-18-21(10-14)9-12-4-6-13(17)7-5-12/h4-8,10,23H,9,11H2,1-3H3,(H,19,22). The summed E-state index contributed by atoms with van der Waals surface area (Å²) in [6.07, 6.45) is 3.34. The predicted molar refractivity (Wildman–Crippen MR) is 90.7 cm³/mol. The Hall–Kier alpha value is -2.05. The largest absolute Gasteiger partial charge is 0.389 e. The fourth-order valence-electron chi connectivity index (χ4n) is 2.16. The number of carbonyl (C=O) groups excluding carboxylic acids is 1. The molecule has 0 spiro atoms. The van der Waals surface area contributed by atoms with Gasteiger partial charge in [-0.05, 0) is 31.5 Å². The lowest BCUT2D eigenvalue weighted by Crippen LogP contribution is -2.41. The number of amides is 2. The maximum absolute atomic E-state index is 12.0. The van der Waals surface area contributed by atoms with Crippen molar-refractivity contribution in [3.63, 3.8) is 0 Å². The summed E-state index contributed by atoms with van der Waals surface area (Å²) in [7, 11) is 1.63. The van der Waals surface area contributed by atoms with Gasteiger partial charge in [0.05, 0.1) is 30.6 Å². The van der Waals surface area contributed by atoms with Crippen LogP contribution in [0.1, 0.15) is 19.4 Å². The molecule has 0 atom stereocenters. The van der Waals surface area contributed by atoms with Gasteiger partial charge in [-0.3, -0.25) is 4.68 Å². The topological polar surface area (TPSA) is 70.4 Å². The number of aliphatic hydroxyl groups is 1. The van der Waals surface area contributed by atoms with E-state index in [9.17, 15) is 9.90 Å². The molecule has 7 heteroatoms. The van der Waals surface area contributed by atoms with Crippen molar-refractivity contribution in [3.05, 3.63) is 47.2 Å². The van der Waals surface area contributed by atoms with E-state index in [1.165, 1.54) is 4.90 Å². The molecule has 0 unspecified atom stereocenters. The number of urea groups is 1. The molecule has 0 fully saturated rings. The summed E-state index contributed by atoms with van der Waals surface area (Å²) in [5.74, 6) is 0. The fraction of sp³-hybridized carbons (Fsp3) is 0.375. The van der Waals surface area contributed by atoms with Crippen LogP contribution < -0.4 is 5.32 Å². The van der Waals surface area contributed by atoms with E-state index in [-0.39, 0.29) is 12.6 Å². The Morgan fingerprint density at radius 1 is 1.39 bits per heavy atom. The molecule has 0 aliphatic carbocycles. The number of rotatable bonds is 5. The smallest absolute Gasteiger partial charge is 0.321 e. The molecule has 2 amide bonds. The number of hydrogen-bond donors (Lipinski definition) is 2. The summed E-state index contributed by atoms with van der Waals surface area (Å²) in [6.45, 7) is 4.13. The molecule has 124 valence electrons. The lowest BCUT2D eigenvalue weighted by molar-refractivity contribution is 0.0550. The molecule has 23 heavy (non-hydrogen) atoms. The van der Waals surface area contributed by atoms with Gasteiger partial charge in [-0.15, -0.1) is 0 Å². The van der Waals surface area contributed by atoms with Gasteiger partial charge in [0.2, 0.25) is 0 Å². The molecule has 1 heterocycles. The van der Waals surface area contributed by atoms with E-state index in [0.29, 0.717) is 17.3 Å². The molecule has 0 bridgehead atoms. The van der Waals surface area contributed by atoms with Crippen molar-refractivity contribution in [1.82, 2.24) is 14.7 Å². The maximum Gasteiger partial charge on any atom is 0.321 e. The molecule has 2 rings (SSSR count). The highest BCUT2D eigenvalue weighted by molar-refractivity contribution is 6.30. The fourth-order valence-corrected chi connectivity index (χ4v) is 2.29. The summed E-state index contributed by atoms with van der Waals surface area (Å²) < 4.78 is 1.73. The van der Waals surface area contributed by atoms with Gasteiger partial charge < -0.3 is 15.3 Å². The summed E-state index contributed by atoms with van der Waals surface area (Å²) in [5.41, 5.74) is 0.728. The van der Waals surface area contributed by atoms with Gasteiger partial charge >= 0.3 is 6.03 Å². The van der Waals surface area contributed by atoms with Crippen LogP contribution in [0.3, 0.4) is 0 Å². The molecule has 0 saturated heterocycles. The number of anilines is 1. The molecule has 2 aromatic rings. The van der Waals surface area contributed by atoms with Crippen LogP contribution >= 0.6 is 11.6 Å². The Bertz CT molecular complexity index is 661. The monoisotopic (exact) mass is 336 g/mol. The van der Waals surface area contributed by atoms with Crippen molar-refractivity contribution in [1.29, 1.82) is 0 Å². The molecule has 1 aromatic carbocycles. The van der Waals surface area contributed by atoms with Gasteiger partial charge in [0.25, 0.3) is 0 Å². The van der Waals surface area contributed by atoms with Crippen LogP contribution in [0.15, 0.2) is 36.7 Å². The quantitative estimate of drug-likeness (QED) is 0.882. The lowest BCUT2D eigenvalue weighted by Gasteiger charge is -2.25. The van der Waals surface area contributed by atoms with Crippen molar-refractivity contribution in [2.75, 3.05) is 18.9 Å². The summed E-state index contributed by atoms with van der Waals surface area (Å²) in [4.78, 5) is 13.5. The molecular weight excluding hydrogens is 316 g/mol. The zero-order valence-corrected chi connectivity index (χ0v) is 14.2. The van der Waals surface area contributed by atoms with E-state index in [1.807, 2.05) is 24.3 Å². The zero-order valence-electron chi connectivity index (χ0n) is 13.5. The molecule has 0 aliphatic rings. The number of benzene rings is 1. The van der Waals surface area contributed by atoms with Gasteiger partial charge in [0.15, 0.2) is 0 Å². The minimum Gasteiger partial charge on any atom is -0.389 e. The van der Waals surface area contributed by atoms with E-state index in [4.69, 9.17) is 11.6 Å². The highest BCUT2D eigenvalue weighted by Gasteiger charge is 2.19. The van der Waals surface area contributed by atoms with E-state index in [0.717, 1.165) is 5.56 Å². The Morgan fingerprint density at radius 3 is 2.65 bits per heavy atom. The van der Waals surface area contributed by atoms with Crippen molar-refractivity contribution in [2.45, 2.75) is 26.0 Å². The van der Waals surface area contributed by atoms with Crippen LogP contribution in [0.5, 0.6) is 0 Å². The highest BCUT2D eigenvalue weighted by atomic mass is 35.5. The van der Waals surface area contributed by atoms with E-state index < -0.39 is 5.60 Å². The van der Waals surface area contributed by atoms with Crippen LogP contribution in [0.2, 0.25) is 5.02 Å². The third kappa shape index (κ3) is 5.58. The summed E-state index contributed by atoms with van der Waals surface area (Å²) >= 11 is 5.86. The molecule has 0 radical (unpaired) electrons. The molecular formula is C16H21ClN4O2. The third-order valence-corrected chi connectivity index (χ3v) is 3.37. The summed E-state index contributed by atoms with van der Waals surface area (Å²) in [5, 5.41) is 17.4. The number of likely N-dealkylation sites (N-methyl/N-ethyl adjacent to an activating group) is 1. The lowest BCUT2D eigenvalue weighted by atomic mass is 10.1. The number of aromatic nitrogens is 2. The first-order chi connectivity index (χ1) is 10.7. The number of halogens is 1. The van der Waals surface area contributed by atoms with Gasteiger partial charge in [-0.25, -0.2) is 4.79 Å². The van der Waals surface area contributed by atoms with Gasteiger partial charge in [0, 0.05) is 18.3 Å². The van der Waals surface area contributed by atoms with Crippen molar-refractivity contribution < 1.29 is 9.90 Å². The summed E-state index contributed by atoms with van der Waals surface area (Å²) in [6, 6.07) is 7.22. The van der Waals surface area contributed by atoms with Crippen LogP contribution in [0.25, 0.3) is 0 Å². The Kier molecular flexibility index (Phi) is 5.28. The molecule has 0 saturated carbocycles. The molecule has 6 nitrogen and oxygen atoms in total. The van der Waals surface area contributed by atoms with Crippen molar-refractivity contribution in [2.24, 2.45) is 0 Å². The maximum atomic E-state index is 12.0. The predicted octanol–water partition coefficient (Wildman–Crippen LogP) is 2.82. The molecule has 1 aromatic heterocycles. The number of hydrogen-bond acceptors (Lipinski definition) is 3. The van der Waals surface area contributed by atoms with Crippen LogP contribution in [-0.2, 0) is 6.54 Å². The van der Waals surface area contributed by atoms with E-state index in [2.05, 4.69) is 10.4 Å². The van der Waals surface area contributed by atoms with E-state index in [1.54, 1.807) is 38.0 Å².